The summed E-state index contributed by atoms with van der Waals surface area (Å²) in [5, 5.41) is 9.33. The van der Waals surface area contributed by atoms with E-state index < -0.39 is 17.4 Å². The molecule has 1 fully saturated rings. The van der Waals surface area contributed by atoms with Crippen LogP contribution in [0.3, 0.4) is 0 Å². The fraction of sp³-hybridized carbons (Fsp3) is 0.833. The zero-order valence-electron chi connectivity index (χ0n) is 10.6. The van der Waals surface area contributed by atoms with E-state index in [1.807, 2.05) is 6.92 Å². The Kier molecular flexibility index (Phi) is 4.51. The van der Waals surface area contributed by atoms with Gasteiger partial charge in [-0.1, -0.05) is 13.3 Å². The zero-order chi connectivity index (χ0) is 13.1. The molecule has 0 aromatic heterocycles. The van der Waals surface area contributed by atoms with Crippen LogP contribution in [0.5, 0.6) is 0 Å². The molecule has 1 aliphatic rings. The Morgan fingerprint density at radius 3 is 2.29 bits per heavy atom. The van der Waals surface area contributed by atoms with Crippen LogP contribution in [-0.2, 0) is 9.59 Å². The number of piperidine rings is 1. The van der Waals surface area contributed by atoms with Crippen LogP contribution in [0.2, 0.25) is 0 Å². The lowest BCUT2D eigenvalue weighted by atomic mass is 9.75. The fourth-order valence-corrected chi connectivity index (χ4v) is 2.49. The summed E-state index contributed by atoms with van der Waals surface area (Å²) in [6.07, 6.45) is 2.61. The average Bonchev–Trinajstić information content (AvgIpc) is 2.29. The monoisotopic (exact) mass is 242 g/mol. The summed E-state index contributed by atoms with van der Waals surface area (Å²) in [7, 11) is 0. The van der Waals surface area contributed by atoms with Crippen LogP contribution in [0.4, 0.5) is 0 Å². The van der Waals surface area contributed by atoms with Crippen LogP contribution in [-0.4, -0.2) is 41.0 Å². The molecule has 1 rings (SSSR count). The van der Waals surface area contributed by atoms with Crippen LogP contribution in [0, 0.1) is 5.41 Å². The van der Waals surface area contributed by atoms with Gasteiger partial charge in [-0.15, -0.1) is 0 Å². The third-order valence-electron chi connectivity index (χ3n) is 3.60. The number of nitrogens with two attached hydrogens (primary N) is 1. The Morgan fingerprint density at radius 1 is 1.41 bits per heavy atom. The number of hydrogen-bond donors (Lipinski definition) is 2. The van der Waals surface area contributed by atoms with Crippen molar-refractivity contribution in [3.8, 4) is 0 Å². The summed E-state index contributed by atoms with van der Waals surface area (Å²) in [6.45, 7) is 4.66. The highest BCUT2D eigenvalue weighted by atomic mass is 16.4. The van der Waals surface area contributed by atoms with E-state index in [9.17, 15) is 14.7 Å². The number of aliphatic carboxylic acids is 1. The summed E-state index contributed by atoms with van der Waals surface area (Å²) < 4.78 is 0. The molecule has 1 amide bonds. The fourth-order valence-electron chi connectivity index (χ4n) is 2.49. The molecule has 0 aliphatic carbocycles. The molecule has 5 nitrogen and oxygen atoms in total. The normalized spacial score (nSPS) is 21.0. The second-order valence-corrected chi connectivity index (χ2v) is 4.95. The Hall–Kier alpha value is -1.10. The summed E-state index contributed by atoms with van der Waals surface area (Å²) in [6, 6.07) is -0.501. The van der Waals surface area contributed by atoms with Crippen molar-refractivity contribution in [3.63, 3.8) is 0 Å². The van der Waals surface area contributed by atoms with Gasteiger partial charge in [0.15, 0.2) is 0 Å². The average molecular weight is 242 g/mol. The Balaban J connectivity index is 2.65. The molecule has 0 aromatic carbocycles. The smallest absolute Gasteiger partial charge is 0.309 e. The van der Waals surface area contributed by atoms with Gasteiger partial charge in [0.05, 0.1) is 11.5 Å². The number of hydrogen-bond acceptors (Lipinski definition) is 3. The zero-order valence-corrected chi connectivity index (χ0v) is 10.6. The molecule has 0 radical (unpaired) electrons. The Morgan fingerprint density at radius 2 is 1.94 bits per heavy atom. The first-order valence-corrected chi connectivity index (χ1v) is 6.21. The molecule has 1 aliphatic heterocycles. The Bertz CT molecular complexity index is 294. The van der Waals surface area contributed by atoms with Crippen molar-refractivity contribution < 1.29 is 14.7 Å². The molecule has 3 N–H and O–H groups in total. The quantitative estimate of drug-likeness (QED) is 0.764. The van der Waals surface area contributed by atoms with E-state index in [2.05, 4.69) is 0 Å². The molecule has 17 heavy (non-hydrogen) atoms. The van der Waals surface area contributed by atoms with E-state index in [0.717, 1.165) is 6.42 Å². The van der Waals surface area contributed by atoms with Crippen LogP contribution in [0.1, 0.15) is 39.5 Å². The van der Waals surface area contributed by atoms with Crippen LogP contribution in [0.15, 0.2) is 0 Å². The standard InChI is InChI=1S/C12H22N2O3/c1-3-4-12(11(16)17)5-7-14(8-6-12)10(15)9(2)13/h9H,3-8,13H2,1-2H3,(H,16,17)/t9-/m1/s1. The number of carbonyl (C=O) groups is 2. The maximum absolute atomic E-state index is 11.7. The second kappa shape index (κ2) is 5.49. The minimum atomic E-state index is -0.729. The van der Waals surface area contributed by atoms with E-state index >= 15 is 0 Å². The number of likely N-dealkylation sites (tertiary alicyclic amines) is 1. The highest BCUT2D eigenvalue weighted by molar-refractivity contribution is 5.82. The lowest BCUT2D eigenvalue weighted by Gasteiger charge is -2.39. The van der Waals surface area contributed by atoms with Crippen molar-refractivity contribution in [1.29, 1.82) is 0 Å². The van der Waals surface area contributed by atoms with E-state index in [-0.39, 0.29) is 5.91 Å². The Labute approximate surface area is 102 Å². The van der Waals surface area contributed by atoms with Gasteiger partial charge < -0.3 is 15.7 Å². The molecule has 1 atom stereocenters. The van der Waals surface area contributed by atoms with Crippen molar-refractivity contribution in [1.82, 2.24) is 4.90 Å². The van der Waals surface area contributed by atoms with Crippen molar-refractivity contribution in [2.24, 2.45) is 11.1 Å². The van der Waals surface area contributed by atoms with Crippen LogP contribution >= 0.6 is 0 Å². The minimum absolute atomic E-state index is 0.0829. The van der Waals surface area contributed by atoms with Gasteiger partial charge in [-0.3, -0.25) is 9.59 Å². The molecule has 1 heterocycles. The van der Waals surface area contributed by atoms with Gasteiger partial charge in [-0.05, 0) is 26.2 Å². The summed E-state index contributed by atoms with van der Waals surface area (Å²) >= 11 is 0. The largest absolute Gasteiger partial charge is 0.481 e. The van der Waals surface area contributed by atoms with Gasteiger partial charge in [0.25, 0.3) is 0 Å². The van der Waals surface area contributed by atoms with Gasteiger partial charge in [-0.2, -0.15) is 0 Å². The highest BCUT2D eigenvalue weighted by Crippen LogP contribution is 2.36. The van der Waals surface area contributed by atoms with E-state index in [4.69, 9.17) is 5.73 Å². The van der Waals surface area contributed by atoms with Crippen LogP contribution < -0.4 is 5.73 Å². The number of carboxylic acids is 1. The number of amides is 1. The summed E-state index contributed by atoms with van der Waals surface area (Å²) in [4.78, 5) is 24.7. The SMILES string of the molecule is CCCC1(C(=O)O)CCN(C(=O)[C@@H](C)N)CC1. The lowest BCUT2D eigenvalue weighted by Crippen LogP contribution is -2.50. The number of carbonyl (C=O) groups excluding carboxylic acids is 1. The summed E-state index contributed by atoms with van der Waals surface area (Å²) in [5.41, 5.74) is 4.91. The first-order valence-electron chi connectivity index (χ1n) is 6.21. The van der Waals surface area contributed by atoms with Crippen molar-refractivity contribution in [3.05, 3.63) is 0 Å². The molecular formula is C12H22N2O3. The van der Waals surface area contributed by atoms with Gasteiger partial charge in [0.1, 0.15) is 0 Å². The van der Waals surface area contributed by atoms with Crippen molar-refractivity contribution in [2.75, 3.05) is 13.1 Å². The second-order valence-electron chi connectivity index (χ2n) is 4.95. The highest BCUT2D eigenvalue weighted by Gasteiger charge is 2.41. The number of rotatable bonds is 4. The van der Waals surface area contributed by atoms with E-state index in [0.29, 0.717) is 32.4 Å². The van der Waals surface area contributed by atoms with Crippen molar-refractivity contribution in [2.45, 2.75) is 45.6 Å². The van der Waals surface area contributed by atoms with Crippen molar-refractivity contribution >= 4 is 11.9 Å². The molecule has 1 saturated heterocycles. The molecule has 5 heteroatoms. The molecule has 0 saturated carbocycles. The lowest BCUT2D eigenvalue weighted by molar-refractivity contribution is -0.155. The van der Waals surface area contributed by atoms with Gasteiger partial charge >= 0.3 is 5.97 Å². The third-order valence-corrected chi connectivity index (χ3v) is 3.60. The molecular weight excluding hydrogens is 220 g/mol. The minimum Gasteiger partial charge on any atom is -0.481 e. The third kappa shape index (κ3) is 2.97. The maximum Gasteiger partial charge on any atom is 0.309 e. The number of carboxylic acid groups (broad SMARTS) is 1. The van der Waals surface area contributed by atoms with Gasteiger partial charge in [0, 0.05) is 13.1 Å². The molecule has 0 bridgehead atoms. The molecule has 0 aromatic rings. The van der Waals surface area contributed by atoms with E-state index in [1.54, 1.807) is 11.8 Å². The van der Waals surface area contributed by atoms with Crippen LogP contribution in [0.25, 0.3) is 0 Å². The first kappa shape index (κ1) is 14.0. The summed E-state index contributed by atoms with van der Waals surface area (Å²) in [5.74, 6) is -0.812. The van der Waals surface area contributed by atoms with Gasteiger partial charge in [-0.25, -0.2) is 0 Å². The molecule has 98 valence electrons. The predicted octanol–water partition coefficient (Wildman–Crippen LogP) is 0.827. The topological polar surface area (TPSA) is 83.6 Å². The first-order chi connectivity index (χ1) is 7.93. The molecule has 0 spiro atoms. The van der Waals surface area contributed by atoms with Gasteiger partial charge in [0.2, 0.25) is 5.91 Å². The predicted molar refractivity (Wildman–Crippen MR) is 64.4 cm³/mol. The molecule has 0 unspecified atom stereocenters. The maximum atomic E-state index is 11.7. The number of nitrogens with zero attached hydrogens (tertiary/aromatic N) is 1. The van der Waals surface area contributed by atoms with E-state index in [1.165, 1.54) is 0 Å².